The molecule has 4 nitrogen and oxygen atoms in total. The monoisotopic (exact) mass is 285 g/mol. The van der Waals surface area contributed by atoms with Gasteiger partial charge in [0.05, 0.1) is 33.2 Å². The molecular weight excluding hydrogens is 262 g/mol. The lowest BCUT2D eigenvalue weighted by atomic mass is 10.2. The first kappa shape index (κ1) is 17.7. The molecule has 0 saturated carbocycles. The van der Waals surface area contributed by atoms with E-state index >= 15 is 0 Å². The summed E-state index contributed by atoms with van der Waals surface area (Å²) in [6.07, 6.45) is 0. The minimum absolute atomic E-state index is 0. The van der Waals surface area contributed by atoms with Gasteiger partial charge >= 0.3 is 0 Å². The fraction of sp³-hybridized carbons (Fsp3) is 0.500. The maximum atomic E-state index is 11.9. The molecule has 0 atom stereocenters. The molecule has 0 unspecified atom stereocenters. The summed E-state index contributed by atoms with van der Waals surface area (Å²) < 4.78 is 0.974. The van der Waals surface area contributed by atoms with Crippen LogP contribution in [0.5, 0.6) is 0 Å². The molecule has 3 N–H and O–H groups in total. The molecule has 5 heteroatoms. The zero-order valence-corrected chi connectivity index (χ0v) is 12.7. The van der Waals surface area contributed by atoms with Crippen LogP contribution in [0.15, 0.2) is 24.3 Å². The molecular formula is C14H24ClN3O. The lowest BCUT2D eigenvalue weighted by molar-refractivity contribution is -0.904. The van der Waals surface area contributed by atoms with Crippen LogP contribution in [0.4, 0.5) is 5.69 Å². The van der Waals surface area contributed by atoms with Gasteiger partial charge in [0.2, 0.25) is 0 Å². The number of halogens is 1. The highest BCUT2D eigenvalue weighted by Crippen LogP contribution is 2.05. The second kappa shape index (κ2) is 8.02. The van der Waals surface area contributed by atoms with Crippen molar-refractivity contribution in [3.05, 3.63) is 29.8 Å². The van der Waals surface area contributed by atoms with E-state index in [1.54, 1.807) is 24.3 Å². The van der Waals surface area contributed by atoms with Crippen molar-refractivity contribution in [3.8, 4) is 0 Å². The Hall–Kier alpha value is -1.26. The predicted octanol–water partition coefficient (Wildman–Crippen LogP) is -1.51. The van der Waals surface area contributed by atoms with Gasteiger partial charge in [0.25, 0.3) is 5.91 Å². The molecule has 1 aromatic rings. The number of nitrogens with zero attached hydrogens (tertiary/aromatic N) is 1. The number of carbonyl (C=O) groups excluding carboxylic acids is 1. The highest BCUT2D eigenvalue weighted by atomic mass is 35.5. The highest BCUT2D eigenvalue weighted by Gasteiger charge is 2.16. The molecule has 0 aliphatic rings. The molecule has 0 aliphatic heterocycles. The van der Waals surface area contributed by atoms with E-state index in [1.165, 1.54) is 0 Å². The fourth-order valence-electron chi connectivity index (χ4n) is 1.72. The molecule has 0 heterocycles. The number of hydrogen-bond acceptors (Lipinski definition) is 2. The van der Waals surface area contributed by atoms with E-state index in [0.717, 1.165) is 24.1 Å². The summed E-state index contributed by atoms with van der Waals surface area (Å²) in [4.78, 5) is 11.9. The Morgan fingerprint density at radius 2 is 1.74 bits per heavy atom. The number of carbonyl (C=O) groups is 1. The van der Waals surface area contributed by atoms with Crippen LogP contribution in [0.1, 0.15) is 24.2 Å². The summed E-state index contributed by atoms with van der Waals surface area (Å²) in [5.41, 5.74) is 6.92. The number of rotatable bonds is 6. The van der Waals surface area contributed by atoms with Gasteiger partial charge in [-0.2, -0.15) is 0 Å². The Morgan fingerprint density at radius 3 is 2.21 bits per heavy atom. The number of nitrogens with one attached hydrogen (secondary N) is 1. The van der Waals surface area contributed by atoms with Crippen LogP contribution < -0.4 is 23.5 Å². The third kappa shape index (κ3) is 5.49. The minimum Gasteiger partial charge on any atom is -1.00 e. The van der Waals surface area contributed by atoms with E-state index in [4.69, 9.17) is 5.73 Å². The normalized spacial score (nSPS) is 10.7. The molecule has 0 aromatic heterocycles. The van der Waals surface area contributed by atoms with Gasteiger partial charge in [-0.05, 0) is 38.1 Å². The molecule has 1 amide bonds. The summed E-state index contributed by atoms with van der Waals surface area (Å²) in [5, 5.41) is 2.95. The maximum Gasteiger partial charge on any atom is 0.251 e. The van der Waals surface area contributed by atoms with Crippen molar-refractivity contribution in [1.82, 2.24) is 5.32 Å². The summed E-state index contributed by atoms with van der Waals surface area (Å²) in [6.45, 7) is 8.15. The van der Waals surface area contributed by atoms with Gasteiger partial charge in [0, 0.05) is 11.3 Å². The molecule has 19 heavy (non-hydrogen) atoms. The Kier molecular flexibility index (Phi) is 7.49. The largest absolute Gasteiger partial charge is 1.00 e. The van der Waals surface area contributed by atoms with Gasteiger partial charge in [-0.1, -0.05) is 0 Å². The van der Waals surface area contributed by atoms with E-state index in [9.17, 15) is 4.79 Å². The Bertz CT molecular complexity index is 388. The summed E-state index contributed by atoms with van der Waals surface area (Å²) in [7, 11) is 2.20. The van der Waals surface area contributed by atoms with Crippen LogP contribution in [0, 0.1) is 0 Å². The zero-order valence-electron chi connectivity index (χ0n) is 11.9. The molecule has 0 saturated heterocycles. The number of nitrogen functional groups attached to an aromatic ring is 1. The van der Waals surface area contributed by atoms with Crippen molar-refractivity contribution in [2.75, 3.05) is 39.0 Å². The molecule has 0 radical (unpaired) electrons. The smallest absolute Gasteiger partial charge is 0.251 e. The molecule has 0 fully saturated rings. The summed E-state index contributed by atoms with van der Waals surface area (Å²) in [5.74, 6) is -0.0336. The van der Waals surface area contributed by atoms with Crippen LogP contribution in [-0.2, 0) is 0 Å². The number of quaternary nitrogens is 1. The third-order valence-corrected chi connectivity index (χ3v) is 3.64. The number of likely N-dealkylation sites (N-methyl/N-ethyl adjacent to an activating group) is 1. The van der Waals surface area contributed by atoms with Gasteiger partial charge in [0.15, 0.2) is 0 Å². The van der Waals surface area contributed by atoms with E-state index in [0.29, 0.717) is 17.8 Å². The van der Waals surface area contributed by atoms with Gasteiger partial charge in [-0.3, -0.25) is 4.79 Å². The molecule has 108 valence electrons. The van der Waals surface area contributed by atoms with Crippen molar-refractivity contribution < 1.29 is 21.7 Å². The summed E-state index contributed by atoms with van der Waals surface area (Å²) >= 11 is 0. The highest BCUT2D eigenvalue weighted by molar-refractivity contribution is 5.94. The predicted molar refractivity (Wildman–Crippen MR) is 75.3 cm³/mol. The van der Waals surface area contributed by atoms with Gasteiger partial charge < -0.3 is 27.9 Å². The van der Waals surface area contributed by atoms with Crippen LogP contribution in [-0.4, -0.2) is 43.6 Å². The minimum atomic E-state index is -0.0336. The molecule has 0 bridgehead atoms. The standard InChI is InChI=1S/C14H23N3O.ClH/c1-4-17(3,5-2)11-10-16-14(18)12-6-8-13(15)9-7-12;/h6-9H,4-5,10-11H2,1-3H3,(H2-,15,16,18);1H. The second-order valence-corrected chi connectivity index (χ2v) is 4.85. The number of benzene rings is 1. The van der Waals surface area contributed by atoms with Crippen molar-refractivity contribution in [2.45, 2.75) is 13.8 Å². The molecule has 0 spiro atoms. The van der Waals surface area contributed by atoms with Crippen LogP contribution in [0.25, 0.3) is 0 Å². The van der Waals surface area contributed by atoms with Crippen LogP contribution >= 0.6 is 0 Å². The van der Waals surface area contributed by atoms with Crippen molar-refractivity contribution >= 4 is 11.6 Å². The number of nitrogens with two attached hydrogens (primary N) is 1. The third-order valence-electron chi connectivity index (χ3n) is 3.64. The molecule has 1 aromatic carbocycles. The zero-order chi connectivity index (χ0) is 13.6. The van der Waals surface area contributed by atoms with Crippen molar-refractivity contribution in [1.29, 1.82) is 0 Å². The van der Waals surface area contributed by atoms with E-state index in [1.807, 2.05) is 0 Å². The SMILES string of the molecule is CC[N+](C)(CC)CCNC(=O)c1ccc(N)cc1.[Cl-]. The summed E-state index contributed by atoms with van der Waals surface area (Å²) in [6, 6.07) is 6.98. The lowest BCUT2D eigenvalue weighted by Gasteiger charge is -2.32. The fourth-order valence-corrected chi connectivity index (χ4v) is 1.72. The van der Waals surface area contributed by atoms with Crippen LogP contribution in [0.3, 0.4) is 0 Å². The lowest BCUT2D eigenvalue weighted by Crippen LogP contribution is -3.00. The number of anilines is 1. The number of hydrogen-bond donors (Lipinski definition) is 2. The van der Waals surface area contributed by atoms with E-state index in [-0.39, 0.29) is 18.3 Å². The van der Waals surface area contributed by atoms with Crippen molar-refractivity contribution in [3.63, 3.8) is 0 Å². The van der Waals surface area contributed by atoms with Gasteiger partial charge in [-0.15, -0.1) is 0 Å². The van der Waals surface area contributed by atoms with E-state index < -0.39 is 0 Å². The molecule has 1 rings (SSSR count). The Balaban J connectivity index is 0.00000324. The Labute approximate surface area is 122 Å². The van der Waals surface area contributed by atoms with Gasteiger partial charge in [0.1, 0.15) is 0 Å². The maximum absolute atomic E-state index is 11.9. The first-order valence-electron chi connectivity index (χ1n) is 6.48. The van der Waals surface area contributed by atoms with Crippen molar-refractivity contribution in [2.24, 2.45) is 0 Å². The first-order valence-corrected chi connectivity index (χ1v) is 6.48. The van der Waals surface area contributed by atoms with Gasteiger partial charge in [-0.25, -0.2) is 0 Å². The number of amides is 1. The second-order valence-electron chi connectivity index (χ2n) is 4.85. The van der Waals surface area contributed by atoms with E-state index in [2.05, 4.69) is 26.2 Å². The first-order chi connectivity index (χ1) is 8.50. The molecule has 0 aliphatic carbocycles. The topological polar surface area (TPSA) is 55.1 Å². The average molecular weight is 286 g/mol. The average Bonchev–Trinajstić information content (AvgIpc) is 2.39. The quantitative estimate of drug-likeness (QED) is 0.493. The van der Waals surface area contributed by atoms with Crippen LogP contribution in [0.2, 0.25) is 0 Å². The Morgan fingerprint density at radius 1 is 1.21 bits per heavy atom.